The molecular formula is C30H51N5O7. The quantitative estimate of drug-likeness (QED) is 0.233. The van der Waals surface area contributed by atoms with E-state index in [1.807, 2.05) is 13.8 Å². The molecule has 0 aromatic rings. The number of ketones is 1. The number of likely N-dealkylation sites (tertiary alicyclic amines) is 1. The summed E-state index contributed by atoms with van der Waals surface area (Å²) in [4.78, 5) is 79.1. The zero-order valence-electron chi connectivity index (χ0n) is 27.3. The Kier molecular flexibility index (Phi) is 9.87. The number of amides is 5. The first-order chi connectivity index (χ1) is 18.8. The van der Waals surface area contributed by atoms with Crippen molar-refractivity contribution in [3.8, 4) is 0 Å². The number of piperidine rings is 1. The van der Waals surface area contributed by atoms with E-state index >= 15 is 0 Å². The number of carbonyl (C=O) groups is 6. The van der Waals surface area contributed by atoms with Gasteiger partial charge in [0.1, 0.15) is 23.7 Å². The number of rotatable bonds is 9. The number of fused-ring (bicyclic) bond motifs is 1. The van der Waals surface area contributed by atoms with Crippen LogP contribution in [0.15, 0.2) is 0 Å². The molecule has 2 rings (SSSR count). The highest BCUT2D eigenvalue weighted by Crippen LogP contribution is 2.65. The van der Waals surface area contributed by atoms with Gasteiger partial charge in [-0.25, -0.2) is 9.59 Å². The van der Waals surface area contributed by atoms with E-state index in [2.05, 4.69) is 16.0 Å². The van der Waals surface area contributed by atoms with Crippen molar-refractivity contribution in [2.45, 2.75) is 119 Å². The molecule has 1 aliphatic carbocycles. The van der Waals surface area contributed by atoms with Crippen LogP contribution in [0.25, 0.3) is 0 Å². The van der Waals surface area contributed by atoms with Crippen LogP contribution in [-0.2, 0) is 28.7 Å². The van der Waals surface area contributed by atoms with E-state index < -0.39 is 76.1 Å². The minimum absolute atomic E-state index is 0.0519. The molecule has 5 amide bonds. The van der Waals surface area contributed by atoms with E-state index in [-0.39, 0.29) is 23.7 Å². The second-order valence-electron chi connectivity index (χ2n) is 15.3. The second-order valence-corrected chi connectivity index (χ2v) is 15.3. The summed E-state index contributed by atoms with van der Waals surface area (Å²) in [6.07, 6.45) is 0.157. The Labute approximate surface area is 249 Å². The summed E-state index contributed by atoms with van der Waals surface area (Å²) in [5.74, 6) is -3.76. The molecule has 42 heavy (non-hydrogen) atoms. The van der Waals surface area contributed by atoms with Gasteiger partial charge in [-0.15, -0.1) is 0 Å². The lowest BCUT2D eigenvalue weighted by Crippen LogP contribution is -2.62. The molecule has 5 N–H and O–H groups in total. The first-order valence-corrected chi connectivity index (χ1v) is 14.6. The zero-order valence-corrected chi connectivity index (χ0v) is 27.3. The number of nitrogens with one attached hydrogen (secondary N) is 3. The molecule has 0 aromatic carbocycles. The average molecular weight is 594 g/mol. The normalized spacial score (nSPS) is 23.5. The summed E-state index contributed by atoms with van der Waals surface area (Å²) >= 11 is 0. The number of Topliss-reactive ketones (excluding diaryl/α,β-unsaturated/α-hetero) is 1. The molecule has 1 heterocycles. The molecule has 2 aliphatic rings. The highest BCUT2D eigenvalue weighted by atomic mass is 16.6. The molecule has 0 bridgehead atoms. The number of hydrogen-bond acceptors (Lipinski definition) is 7. The number of nitrogens with zero attached hydrogens (tertiary/aromatic N) is 1. The minimum atomic E-state index is -1.14. The van der Waals surface area contributed by atoms with Gasteiger partial charge in [-0.05, 0) is 55.3 Å². The van der Waals surface area contributed by atoms with Crippen molar-refractivity contribution in [1.29, 1.82) is 0 Å². The van der Waals surface area contributed by atoms with E-state index in [0.717, 1.165) is 0 Å². The molecule has 12 heteroatoms. The standard InChI is InChI=1S/C30H51N5O7/c1-13-16(19(36)22(31)37)32-23(38)18-17-15(30(17,11)12)14-35(18)24(39)20(27(2,3)4)33-26(41)34-21(28(5,6)7)25(40)42-29(8,9)10/h15-18,20-21H,13-14H2,1-12H3,(H2,31,37)(H,32,38)(H2,33,34,41)/t15-,16?,17-,18-,20+,21+/m0/s1. The maximum absolute atomic E-state index is 14.1. The Bertz CT molecular complexity index is 1110. The summed E-state index contributed by atoms with van der Waals surface area (Å²) in [7, 11) is 0. The summed E-state index contributed by atoms with van der Waals surface area (Å²) < 4.78 is 5.52. The third kappa shape index (κ3) is 7.80. The maximum Gasteiger partial charge on any atom is 0.329 e. The fourth-order valence-electron chi connectivity index (χ4n) is 5.70. The van der Waals surface area contributed by atoms with Crippen molar-refractivity contribution in [2.24, 2.45) is 33.8 Å². The van der Waals surface area contributed by atoms with Crippen LogP contribution < -0.4 is 21.7 Å². The Morgan fingerprint density at radius 1 is 0.881 bits per heavy atom. The number of hydrogen-bond donors (Lipinski definition) is 4. The lowest BCUT2D eigenvalue weighted by molar-refractivity contribution is -0.160. The predicted molar refractivity (Wildman–Crippen MR) is 157 cm³/mol. The molecular weight excluding hydrogens is 542 g/mol. The van der Waals surface area contributed by atoms with Crippen molar-refractivity contribution in [3.63, 3.8) is 0 Å². The summed E-state index contributed by atoms with van der Waals surface area (Å²) in [6.45, 7) is 21.9. The van der Waals surface area contributed by atoms with Gasteiger partial charge in [0.15, 0.2) is 0 Å². The predicted octanol–water partition coefficient (Wildman–Crippen LogP) is 1.89. The van der Waals surface area contributed by atoms with Crippen LogP contribution in [0.2, 0.25) is 0 Å². The van der Waals surface area contributed by atoms with E-state index in [1.165, 1.54) is 4.90 Å². The Morgan fingerprint density at radius 3 is 1.81 bits per heavy atom. The molecule has 1 saturated carbocycles. The SMILES string of the molecule is CCC(NC(=O)[C@@H]1[C@@H]2[C@H](CN1C(=O)[C@@H](NC(=O)N[C@H](C(=O)OC(C)(C)C)C(C)(C)C)C(C)(C)C)C2(C)C)C(=O)C(N)=O. The third-order valence-electron chi connectivity index (χ3n) is 8.22. The van der Waals surface area contributed by atoms with E-state index in [9.17, 15) is 28.8 Å². The van der Waals surface area contributed by atoms with Crippen LogP contribution in [0.3, 0.4) is 0 Å². The van der Waals surface area contributed by atoms with E-state index in [0.29, 0.717) is 6.54 Å². The van der Waals surface area contributed by atoms with Gasteiger partial charge in [-0.1, -0.05) is 62.3 Å². The molecule has 0 radical (unpaired) electrons. The van der Waals surface area contributed by atoms with Crippen molar-refractivity contribution in [1.82, 2.24) is 20.9 Å². The first-order valence-electron chi connectivity index (χ1n) is 14.6. The molecule has 1 saturated heterocycles. The van der Waals surface area contributed by atoms with Crippen LogP contribution in [0.1, 0.15) is 89.5 Å². The van der Waals surface area contributed by atoms with Gasteiger partial charge < -0.3 is 31.3 Å². The lowest BCUT2D eigenvalue weighted by atomic mass is 9.85. The van der Waals surface area contributed by atoms with Gasteiger partial charge in [0.05, 0.1) is 6.04 Å². The molecule has 0 aromatic heterocycles. The summed E-state index contributed by atoms with van der Waals surface area (Å²) in [5, 5.41) is 8.07. The number of carbonyl (C=O) groups excluding carboxylic acids is 6. The topological polar surface area (TPSA) is 177 Å². The number of nitrogens with two attached hydrogens (primary N) is 1. The average Bonchev–Trinajstić information content (AvgIpc) is 3.14. The summed E-state index contributed by atoms with van der Waals surface area (Å²) in [6, 6.07) is -4.77. The fourth-order valence-corrected chi connectivity index (χ4v) is 5.70. The van der Waals surface area contributed by atoms with Crippen LogP contribution in [-0.4, -0.2) is 76.7 Å². The van der Waals surface area contributed by atoms with Crippen molar-refractivity contribution in [2.75, 3.05) is 6.54 Å². The lowest BCUT2D eigenvalue weighted by Gasteiger charge is -2.38. The summed E-state index contributed by atoms with van der Waals surface area (Å²) in [5.41, 5.74) is 2.73. The van der Waals surface area contributed by atoms with E-state index in [1.54, 1.807) is 69.2 Å². The molecule has 2 fully saturated rings. The van der Waals surface area contributed by atoms with Gasteiger partial charge in [0.25, 0.3) is 5.91 Å². The maximum atomic E-state index is 14.1. The van der Waals surface area contributed by atoms with Crippen molar-refractivity contribution in [3.05, 3.63) is 0 Å². The molecule has 1 aliphatic heterocycles. The molecule has 6 atom stereocenters. The molecule has 1 unspecified atom stereocenters. The van der Waals surface area contributed by atoms with Crippen LogP contribution >= 0.6 is 0 Å². The van der Waals surface area contributed by atoms with Gasteiger partial charge in [0, 0.05) is 6.54 Å². The van der Waals surface area contributed by atoms with Crippen LogP contribution in [0, 0.1) is 28.1 Å². The third-order valence-corrected chi connectivity index (χ3v) is 8.22. The monoisotopic (exact) mass is 593 g/mol. The van der Waals surface area contributed by atoms with Crippen LogP contribution in [0.4, 0.5) is 4.79 Å². The van der Waals surface area contributed by atoms with Crippen molar-refractivity contribution >= 4 is 35.5 Å². The van der Waals surface area contributed by atoms with Crippen LogP contribution in [0.5, 0.6) is 0 Å². The zero-order chi connectivity index (χ0) is 32.7. The highest BCUT2D eigenvalue weighted by molar-refractivity contribution is 6.37. The van der Waals surface area contributed by atoms with E-state index in [4.69, 9.17) is 10.5 Å². The van der Waals surface area contributed by atoms with Gasteiger partial charge in [-0.2, -0.15) is 0 Å². The molecule has 238 valence electrons. The molecule has 12 nitrogen and oxygen atoms in total. The highest BCUT2D eigenvalue weighted by Gasteiger charge is 2.70. The smallest absolute Gasteiger partial charge is 0.329 e. The fraction of sp³-hybridized carbons (Fsp3) is 0.800. The molecule has 0 spiro atoms. The Balaban J connectivity index is 2.32. The van der Waals surface area contributed by atoms with Gasteiger partial charge >= 0.3 is 12.0 Å². The number of esters is 1. The largest absolute Gasteiger partial charge is 0.458 e. The van der Waals surface area contributed by atoms with Gasteiger partial charge in [0.2, 0.25) is 17.6 Å². The number of primary amides is 1. The first kappa shape index (κ1) is 35.0. The Hall–Kier alpha value is -3.18. The number of ether oxygens (including phenoxy) is 1. The minimum Gasteiger partial charge on any atom is -0.458 e. The second kappa shape index (κ2) is 11.8. The van der Waals surface area contributed by atoms with Gasteiger partial charge in [-0.3, -0.25) is 19.2 Å². The Morgan fingerprint density at radius 2 is 1.38 bits per heavy atom. The number of urea groups is 1. The van der Waals surface area contributed by atoms with Crippen molar-refractivity contribution < 1.29 is 33.5 Å².